The Morgan fingerprint density at radius 2 is 1.81 bits per heavy atom. The summed E-state index contributed by atoms with van der Waals surface area (Å²) in [5.74, 6) is 0.337. The van der Waals surface area contributed by atoms with E-state index < -0.39 is 22.5 Å². The molecular formula is C25H23Cl2N3O5S. The van der Waals surface area contributed by atoms with Crippen molar-refractivity contribution in [3.8, 4) is 11.5 Å². The van der Waals surface area contributed by atoms with Crippen molar-refractivity contribution in [3.63, 3.8) is 0 Å². The summed E-state index contributed by atoms with van der Waals surface area (Å²) in [6.07, 6.45) is 3.01. The number of rotatable bonds is 11. The van der Waals surface area contributed by atoms with Gasteiger partial charge in [0.2, 0.25) is 0 Å². The number of ether oxygens (including phenoxy) is 2. The van der Waals surface area contributed by atoms with Gasteiger partial charge in [-0.2, -0.15) is 5.10 Å². The van der Waals surface area contributed by atoms with Crippen LogP contribution in [0.15, 0.2) is 89.4 Å². The Hall–Kier alpha value is -3.53. The molecule has 1 N–H and O–H groups in total. The summed E-state index contributed by atoms with van der Waals surface area (Å²) >= 11 is 12.1. The Labute approximate surface area is 219 Å². The molecule has 8 nitrogen and oxygen atoms in total. The van der Waals surface area contributed by atoms with Gasteiger partial charge >= 0.3 is 0 Å². The number of sulfonamides is 1. The van der Waals surface area contributed by atoms with Crippen LogP contribution in [0.25, 0.3) is 0 Å². The zero-order chi connectivity index (χ0) is 26.1. The van der Waals surface area contributed by atoms with Gasteiger partial charge in [0.15, 0.2) is 11.5 Å². The Kier molecular flexibility index (Phi) is 9.35. The van der Waals surface area contributed by atoms with Crippen LogP contribution in [0.2, 0.25) is 10.0 Å². The van der Waals surface area contributed by atoms with Crippen molar-refractivity contribution in [2.24, 2.45) is 5.10 Å². The molecule has 0 saturated heterocycles. The third-order valence-electron chi connectivity index (χ3n) is 4.76. The Morgan fingerprint density at radius 1 is 1.06 bits per heavy atom. The van der Waals surface area contributed by atoms with Crippen molar-refractivity contribution in [2.45, 2.75) is 4.90 Å². The highest BCUT2D eigenvalue weighted by atomic mass is 35.5. The minimum absolute atomic E-state index is 0.0123. The van der Waals surface area contributed by atoms with Gasteiger partial charge in [0.05, 0.1) is 34.0 Å². The van der Waals surface area contributed by atoms with Gasteiger partial charge in [-0.05, 0) is 54.1 Å². The van der Waals surface area contributed by atoms with Crippen LogP contribution in [0.5, 0.6) is 11.5 Å². The van der Waals surface area contributed by atoms with E-state index in [1.54, 1.807) is 42.5 Å². The lowest BCUT2D eigenvalue weighted by Gasteiger charge is -2.24. The number of hydrazone groups is 1. The Balaban J connectivity index is 1.80. The minimum atomic E-state index is -4.10. The summed E-state index contributed by atoms with van der Waals surface area (Å²) in [7, 11) is -2.59. The summed E-state index contributed by atoms with van der Waals surface area (Å²) in [4.78, 5) is 12.7. The first-order valence-corrected chi connectivity index (χ1v) is 12.7. The largest absolute Gasteiger partial charge is 0.493 e. The SMILES string of the molecule is C=CCOc1ccc(C=NNC(=O)CN(c2ccc(Cl)c(Cl)c2)S(=O)(=O)c2ccccc2)cc1OC. The van der Waals surface area contributed by atoms with Crippen LogP contribution < -0.4 is 19.2 Å². The van der Waals surface area contributed by atoms with Crippen molar-refractivity contribution in [2.75, 3.05) is 24.6 Å². The number of anilines is 1. The average Bonchev–Trinajstić information content (AvgIpc) is 2.88. The number of hydrogen-bond donors (Lipinski definition) is 1. The molecule has 0 heterocycles. The number of nitrogens with zero attached hydrogens (tertiary/aromatic N) is 2. The molecule has 0 spiro atoms. The summed E-state index contributed by atoms with van der Waals surface area (Å²) in [6, 6.07) is 17.1. The Morgan fingerprint density at radius 3 is 2.47 bits per heavy atom. The van der Waals surface area contributed by atoms with Crippen LogP contribution in [0.4, 0.5) is 5.69 Å². The molecule has 0 radical (unpaired) electrons. The van der Waals surface area contributed by atoms with E-state index in [1.165, 1.54) is 43.7 Å². The molecule has 3 rings (SSSR count). The molecule has 0 aliphatic carbocycles. The topological polar surface area (TPSA) is 97.3 Å². The maximum absolute atomic E-state index is 13.3. The van der Waals surface area contributed by atoms with E-state index in [1.807, 2.05) is 0 Å². The second-order valence-electron chi connectivity index (χ2n) is 7.23. The number of nitrogens with one attached hydrogen (secondary N) is 1. The molecule has 0 fully saturated rings. The van der Waals surface area contributed by atoms with E-state index in [2.05, 4.69) is 17.1 Å². The lowest BCUT2D eigenvalue weighted by Crippen LogP contribution is -2.39. The van der Waals surface area contributed by atoms with Crippen molar-refractivity contribution in [1.82, 2.24) is 5.43 Å². The number of halogens is 2. The van der Waals surface area contributed by atoms with Gasteiger partial charge in [0.25, 0.3) is 15.9 Å². The van der Waals surface area contributed by atoms with Gasteiger partial charge in [0.1, 0.15) is 13.2 Å². The number of amides is 1. The molecule has 0 atom stereocenters. The zero-order valence-corrected chi connectivity index (χ0v) is 21.6. The maximum atomic E-state index is 13.3. The predicted molar refractivity (Wildman–Crippen MR) is 142 cm³/mol. The molecule has 0 bridgehead atoms. The predicted octanol–water partition coefficient (Wildman–Crippen LogP) is 4.91. The highest BCUT2D eigenvalue weighted by molar-refractivity contribution is 7.92. The smallest absolute Gasteiger partial charge is 0.264 e. The number of methoxy groups -OCH3 is 1. The van der Waals surface area contributed by atoms with E-state index in [-0.39, 0.29) is 20.6 Å². The highest BCUT2D eigenvalue weighted by Gasteiger charge is 2.27. The monoisotopic (exact) mass is 547 g/mol. The molecule has 3 aromatic rings. The maximum Gasteiger partial charge on any atom is 0.264 e. The van der Waals surface area contributed by atoms with Crippen LogP contribution in [0.1, 0.15) is 5.56 Å². The molecule has 11 heteroatoms. The Bertz CT molecular complexity index is 1370. The zero-order valence-electron chi connectivity index (χ0n) is 19.2. The summed E-state index contributed by atoms with van der Waals surface area (Å²) in [5.41, 5.74) is 3.14. The second kappa shape index (κ2) is 12.4. The van der Waals surface area contributed by atoms with E-state index in [4.69, 9.17) is 32.7 Å². The molecule has 0 saturated carbocycles. The van der Waals surface area contributed by atoms with Crippen LogP contribution in [0, 0.1) is 0 Å². The number of carbonyl (C=O) groups is 1. The lowest BCUT2D eigenvalue weighted by molar-refractivity contribution is -0.119. The molecule has 36 heavy (non-hydrogen) atoms. The molecule has 188 valence electrons. The molecule has 0 aromatic heterocycles. The van der Waals surface area contributed by atoms with Gasteiger partial charge < -0.3 is 9.47 Å². The first-order valence-electron chi connectivity index (χ1n) is 10.5. The van der Waals surface area contributed by atoms with E-state index in [0.717, 1.165) is 4.31 Å². The quantitative estimate of drug-likeness (QED) is 0.209. The molecule has 0 aliphatic heterocycles. The first-order chi connectivity index (χ1) is 17.3. The summed E-state index contributed by atoms with van der Waals surface area (Å²) < 4.78 is 38.4. The molecular weight excluding hydrogens is 525 g/mol. The van der Waals surface area contributed by atoms with E-state index in [9.17, 15) is 13.2 Å². The van der Waals surface area contributed by atoms with Crippen molar-refractivity contribution in [3.05, 3.63) is 95.0 Å². The number of benzene rings is 3. The lowest BCUT2D eigenvalue weighted by atomic mass is 10.2. The van der Waals surface area contributed by atoms with E-state index in [0.29, 0.717) is 23.7 Å². The van der Waals surface area contributed by atoms with Gasteiger partial charge in [-0.25, -0.2) is 13.8 Å². The first kappa shape index (κ1) is 27.1. The van der Waals surface area contributed by atoms with Crippen molar-refractivity contribution < 1.29 is 22.7 Å². The fourth-order valence-corrected chi connectivity index (χ4v) is 4.78. The van der Waals surface area contributed by atoms with Crippen molar-refractivity contribution in [1.29, 1.82) is 0 Å². The van der Waals surface area contributed by atoms with Gasteiger partial charge in [-0.3, -0.25) is 9.10 Å². The molecule has 0 aliphatic rings. The van der Waals surface area contributed by atoms with Crippen LogP contribution in [0.3, 0.4) is 0 Å². The van der Waals surface area contributed by atoms with Crippen LogP contribution in [-0.2, 0) is 14.8 Å². The fourth-order valence-electron chi connectivity index (χ4n) is 3.05. The van der Waals surface area contributed by atoms with Gasteiger partial charge in [-0.1, -0.05) is 54.1 Å². The third-order valence-corrected chi connectivity index (χ3v) is 7.28. The molecule has 0 unspecified atom stereocenters. The molecule has 1 amide bonds. The normalized spacial score (nSPS) is 11.2. The highest BCUT2D eigenvalue weighted by Crippen LogP contribution is 2.30. The average molecular weight is 548 g/mol. The van der Waals surface area contributed by atoms with Crippen LogP contribution >= 0.6 is 23.2 Å². The summed E-state index contributed by atoms with van der Waals surface area (Å²) in [5, 5.41) is 4.34. The van der Waals surface area contributed by atoms with Gasteiger partial charge in [0, 0.05) is 0 Å². The summed E-state index contributed by atoms with van der Waals surface area (Å²) in [6.45, 7) is 3.37. The number of carbonyl (C=O) groups excluding carboxylic acids is 1. The second-order valence-corrected chi connectivity index (χ2v) is 9.90. The van der Waals surface area contributed by atoms with Crippen molar-refractivity contribution >= 4 is 51.0 Å². The molecule has 3 aromatic carbocycles. The number of hydrogen-bond acceptors (Lipinski definition) is 6. The fraction of sp³-hybridized carbons (Fsp3) is 0.120. The van der Waals surface area contributed by atoms with Gasteiger partial charge in [-0.15, -0.1) is 0 Å². The van der Waals surface area contributed by atoms with Crippen LogP contribution in [-0.4, -0.2) is 40.8 Å². The van der Waals surface area contributed by atoms with E-state index >= 15 is 0 Å². The third kappa shape index (κ3) is 6.78. The standard InChI is InChI=1S/C25H23Cl2N3O5S/c1-3-13-35-23-12-9-18(14-24(23)34-2)16-28-29-25(31)17-30(19-10-11-21(26)22(27)15-19)36(32,33)20-7-5-4-6-8-20/h3-12,14-16H,1,13,17H2,2H3,(H,29,31). The minimum Gasteiger partial charge on any atom is -0.493 e.